The molecule has 0 aliphatic carbocycles. The van der Waals surface area contributed by atoms with Gasteiger partial charge in [0.1, 0.15) is 23.5 Å². The molecular weight excluding hydrogens is 287 g/mol. The van der Waals surface area contributed by atoms with Gasteiger partial charge in [-0.3, -0.25) is 0 Å². The standard InChI is InChI=1S/C13H12F3N3O2/c1-7-5-9(13(14,15)16)8(6-17)11(18-7)19-4-2-3-10(19)12(20)21/h5,10H,2-4H2,1H3,(H,20,21)/t10-/m1/s1. The normalized spacial score (nSPS) is 18.6. The van der Waals surface area contributed by atoms with Gasteiger partial charge in [-0.05, 0) is 25.8 Å². The summed E-state index contributed by atoms with van der Waals surface area (Å²) in [7, 11) is 0. The molecule has 0 saturated carbocycles. The van der Waals surface area contributed by atoms with Gasteiger partial charge in [-0.15, -0.1) is 0 Å². The van der Waals surface area contributed by atoms with Gasteiger partial charge in [0, 0.05) is 12.2 Å². The number of aromatic nitrogens is 1. The highest BCUT2D eigenvalue weighted by atomic mass is 19.4. The molecule has 1 fully saturated rings. The number of aryl methyl sites for hydroxylation is 1. The molecule has 0 radical (unpaired) electrons. The Morgan fingerprint density at radius 3 is 2.76 bits per heavy atom. The fraction of sp³-hybridized carbons (Fsp3) is 0.462. The van der Waals surface area contributed by atoms with Crippen LogP contribution in [0.2, 0.25) is 0 Å². The fourth-order valence-electron chi connectivity index (χ4n) is 2.48. The lowest BCUT2D eigenvalue weighted by atomic mass is 10.1. The minimum absolute atomic E-state index is 0.0902. The lowest BCUT2D eigenvalue weighted by Gasteiger charge is -2.25. The Morgan fingerprint density at radius 1 is 1.57 bits per heavy atom. The van der Waals surface area contributed by atoms with E-state index in [0.717, 1.165) is 6.07 Å². The molecule has 112 valence electrons. The van der Waals surface area contributed by atoms with Crippen molar-refractivity contribution in [1.29, 1.82) is 5.26 Å². The van der Waals surface area contributed by atoms with Crippen LogP contribution in [0.1, 0.15) is 29.7 Å². The number of anilines is 1. The molecule has 1 atom stereocenters. The molecule has 1 N–H and O–H groups in total. The molecule has 2 rings (SSSR count). The minimum Gasteiger partial charge on any atom is -0.480 e. The van der Waals surface area contributed by atoms with E-state index in [0.29, 0.717) is 12.8 Å². The fourth-order valence-corrected chi connectivity index (χ4v) is 2.48. The Morgan fingerprint density at radius 2 is 2.24 bits per heavy atom. The molecule has 5 nitrogen and oxygen atoms in total. The molecule has 1 aliphatic heterocycles. The summed E-state index contributed by atoms with van der Waals surface area (Å²) >= 11 is 0. The molecule has 0 amide bonds. The molecule has 21 heavy (non-hydrogen) atoms. The molecule has 1 aliphatic rings. The average Bonchev–Trinajstić information content (AvgIpc) is 2.85. The predicted octanol–water partition coefficient (Wildman–Crippen LogP) is 2.33. The third-order valence-corrected chi connectivity index (χ3v) is 3.36. The van der Waals surface area contributed by atoms with E-state index in [9.17, 15) is 18.0 Å². The number of aliphatic carboxylic acids is 1. The van der Waals surface area contributed by atoms with E-state index in [1.165, 1.54) is 17.9 Å². The van der Waals surface area contributed by atoms with Crippen molar-refractivity contribution in [3.05, 3.63) is 22.9 Å². The summed E-state index contributed by atoms with van der Waals surface area (Å²) in [5.41, 5.74) is -1.61. The van der Waals surface area contributed by atoms with Gasteiger partial charge in [-0.1, -0.05) is 0 Å². The summed E-state index contributed by atoms with van der Waals surface area (Å²) < 4.78 is 39.1. The van der Waals surface area contributed by atoms with Gasteiger partial charge in [0.2, 0.25) is 0 Å². The maximum atomic E-state index is 13.0. The van der Waals surface area contributed by atoms with Crippen molar-refractivity contribution in [2.75, 3.05) is 11.4 Å². The monoisotopic (exact) mass is 299 g/mol. The number of pyridine rings is 1. The Labute approximate surface area is 118 Å². The highest BCUT2D eigenvalue weighted by molar-refractivity contribution is 5.79. The first kappa shape index (κ1) is 15.1. The molecule has 0 spiro atoms. The molecule has 1 aromatic heterocycles. The molecule has 1 saturated heterocycles. The zero-order valence-corrected chi connectivity index (χ0v) is 11.1. The highest BCUT2D eigenvalue weighted by Gasteiger charge is 2.39. The van der Waals surface area contributed by atoms with Crippen LogP contribution < -0.4 is 4.90 Å². The van der Waals surface area contributed by atoms with Crippen molar-refractivity contribution in [2.24, 2.45) is 0 Å². The Bertz CT molecular complexity index is 622. The lowest BCUT2D eigenvalue weighted by Crippen LogP contribution is -2.37. The van der Waals surface area contributed by atoms with Gasteiger partial charge in [0.05, 0.1) is 5.56 Å². The van der Waals surface area contributed by atoms with E-state index in [4.69, 9.17) is 10.4 Å². The predicted molar refractivity (Wildman–Crippen MR) is 66.7 cm³/mol. The van der Waals surface area contributed by atoms with Crippen molar-refractivity contribution >= 4 is 11.8 Å². The van der Waals surface area contributed by atoms with Crippen LogP contribution in [0.5, 0.6) is 0 Å². The molecule has 1 aromatic rings. The summed E-state index contributed by atoms with van der Waals surface area (Å²) in [6, 6.07) is 1.37. The van der Waals surface area contributed by atoms with Gasteiger partial charge >= 0.3 is 12.1 Å². The molecule has 0 unspecified atom stereocenters. The van der Waals surface area contributed by atoms with Crippen molar-refractivity contribution in [2.45, 2.75) is 32.0 Å². The number of carboxylic acids is 1. The lowest BCUT2D eigenvalue weighted by molar-refractivity contribution is -0.138. The number of hydrogen-bond acceptors (Lipinski definition) is 4. The van der Waals surface area contributed by atoms with Crippen LogP contribution in [0, 0.1) is 18.3 Å². The Kier molecular flexibility index (Phi) is 3.77. The van der Waals surface area contributed by atoms with Crippen molar-refractivity contribution in [1.82, 2.24) is 4.98 Å². The molecule has 0 bridgehead atoms. The van der Waals surface area contributed by atoms with E-state index in [1.807, 2.05) is 0 Å². The maximum Gasteiger partial charge on any atom is 0.417 e. The number of halogens is 3. The van der Waals surface area contributed by atoms with Crippen molar-refractivity contribution in [3.8, 4) is 6.07 Å². The number of alkyl halides is 3. The van der Waals surface area contributed by atoms with Gasteiger partial charge in [-0.25, -0.2) is 9.78 Å². The van der Waals surface area contributed by atoms with Crippen LogP contribution >= 0.6 is 0 Å². The first-order valence-electron chi connectivity index (χ1n) is 6.24. The Balaban J connectivity index is 2.61. The number of hydrogen-bond donors (Lipinski definition) is 1. The molecule has 8 heteroatoms. The number of nitrogens with zero attached hydrogens (tertiary/aromatic N) is 3. The second-order valence-electron chi connectivity index (χ2n) is 4.81. The summed E-state index contributed by atoms with van der Waals surface area (Å²) in [6.45, 7) is 1.64. The van der Waals surface area contributed by atoms with Gasteiger partial charge in [-0.2, -0.15) is 18.4 Å². The number of rotatable bonds is 2. The first-order valence-corrected chi connectivity index (χ1v) is 6.24. The Hall–Kier alpha value is -2.30. The molecule has 0 aromatic carbocycles. The summed E-state index contributed by atoms with van der Waals surface area (Å²) in [4.78, 5) is 16.4. The van der Waals surface area contributed by atoms with Gasteiger partial charge in [0.15, 0.2) is 0 Å². The SMILES string of the molecule is Cc1cc(C(F)(F)F)c(C#N)c(N2CCC[C@@H]2C(=O)O)n1. The van der Waals surface area contributed by atoms with Gasteiger partial charge in [0.25, 0.3) is 0 Å². The van der Waals surface area contributed by atoms with Crippen LogP contribution in [-0.2, 0) is 11.0 Å². The number of carboxylic acid groups (broad SMARTS) is 1. The van der Waals surface area contributed by atoms with Crippen molar-refractivity contribution in [3.63, 3.8) is 0 Å². The van der Waals surface area contributed by atoms with E-state index < -0.39 is 29.3 Å². The summed E-state index contributed by atoms with van der Waals surface area (Å²) in [5, 5.41) is 18.2. The smallest absolute Gasteiger partial charge is 0.417 e. The van der Waals surface area contributed by atoms with Crippen LogP contribution in [0.4, 0.5) is 19.0 Å². The van der Waals surface area contributed by atoms with E-state index in [1.54, 1.807) is 0 Å². The second kappa shape index (κ2) is 5.24. The highest BCUT2D eigenvalue weighted by Crippen LogP contribution is 2.37. The summed E-state index contributed by atoms with van der Waals surface area (Å²) in [6.07, 6.45) is -3.85. The quantitative estimate of drug-likeness (QED) is 0.907. The third kappa shape index (κ3) is 2.77. The minimum atomic E-state index is -4.69. The van der Waals surface area contributed by atoms with Crippen molar-refractivity contribution < 1.29 is 23.1 Å². The van der Waals surface area contributed by atoms with E-state index in [2.05, 4.69) is 4.98 Å². The van der Waals surface area contributed by atoms with Crippen LogP contribution in [0.15, 0.2) is 6.07 Å². The topological polar surface area (TPSA) is 77.2 Å². The van der Waals surface area contributed by atoms with E-state index >= 15 is 0 Å². The van der Waals surface area contributed by atoms with Gasteiger partial charge < -0.3 is 10.0 Å². The van der Waals surface area contributed by atoms with Crippen LogP contribution in [0.3, 0.4) is 0 Å². The second-order valence-corrected chi connectivity index (χ2v) is 4.81. The zero-order chi connectivity index (χ0) is 15.8. The first-order chi connectivity index (χ1) is 9.75. The maximum absolute atomic E-state index is 13.0. The van der Waals surface area contributed by atoms with E-state index in [-0.39, 0.29) is 18.1 Å². The number of carbonyl (C=O) groups is 1. The summed E-state index contributed by atoms with van der Waals surface area (Å²) in [5.74, 6) is -1.33. The largest absolute Gasteiger partial charge is 0.480 e. The molecule has 2 heterocycles. The zero-order valence-electron chi connectivity index (χ0n) is 11.1. The third-order valence-electron chi connectivity index (χ3n) is 3.36. The van der Waals surface area contributed by atoms with Crippen LogP contribution in [-0.4, -0.2) is 28.6 Å². The number of nitriles is 1. The van der Waals surface area contributed by atoms with Crippen LogP contribution in [0.25, 0.3) is 0 Å². The molecular formula is C13H12F3N3O2. The average molecular weight is 299 g/mol.